The molecule has 49 heavy (non-hydrogen) atoms. The minimum absolute atomic E-state index is 0.0127. The number of nitrogens with one attached hydrogen (secondary N) is 1. The Labute approximate surface area is 287 Å². The Balaban J connectivity index is 1.41. The van der Waals surface area contributed by atoms with Crippen molar-refractivity contribution in [1.29, 1.82) is 0 Å². The first-order valence-electron chi connectivity index (χ1n) is 16.8. The second-order valence-electron chi connectivity index (χ2n) is 13.0. The van der Waals surface area contributed by atoms with Crippen LogP contribution in [0.25, 0.3) is 0 Å². The number of rotatable bonds is 4. The van der Waals surface area contributed by atoms with Crippen molar-refractivity contribution in [2.45, 2.75) is 60.3 Å². The molecule has 2 atom stereocenters. The van der Waals surface area contributed by atoms with Crippen LogP contribution in [0.4, 0.5) is 0 Å². The molecule has 0 spiro atoms. The number of allylic oxidation sites excluding steroid dienone is 12. The van der Waals surface area contributed by atoms with Gasteiger partial charge in [0.05, 0.1) is 46.9 Å². The summed E-state index contributed by atoms with van der Waals surface area (Å²) in [4.78, 5) is 27.7. The van der Waals surface area contributed by atoms with Crippen molar-refractivity contribution in [1.82, 2.24) is 5.32 Å². The van der Waals surface area contributed by atoms with Gasteiger partial charge in [0, 0.05) is 52.8 Å². The molecule has 0 unspecified atom stereocenters. The number of esters is 1. The lowest BCUT2D eigenvalue weighted by Crippen LogP contribution is -2.16. The summed E-state index contributed by atoms with van der Waals surface area (Å²) in [5.41, 5.74) is 14.4. The Kier molecular flexibility index (Phi) is 8.30. The van der Waals surface area contributed by atoms with Gasteiger partial charge in [-0.3, -0.25) is 4.79 Å². The summed E-state index contributed by atoms with van der Waals surface area (Å²) in [6, 6.07) is 9.81. The molecule has 0 amide bonds. The van der Waals surface area contributed by atoms with Crippen molar-refractivity contribution in [3.05, 3.63) is 127 Å². The molecule has 0 radical (unpaired) electrons. The Bertz CT molecular complexity index is 2200. The van der Waals surface area contributed by atoms with Gasteiger partial charge in [0.1, 0.15) is 5.76 Å². The molecule has 244 valence electrons. The Hall–Kier alpha value is -5.66. The molecular weight excluding hydrogens is 608 g/mol. The van der Waals surface area contributed by atoms with Crippen LogP contribution in [-0.2, 0) is 9.53 Å². The maximum atomic E-state index is 12.3. The van der Waals surface area contributed by atoms with E-state index in [-0.39, 0.29) is 24.2 Å². The van der Waals surface area contributed by atoms with Gasteiger partial charge in [-0.25, -0.2) is 15.0 Å². The first kappa shape index (κ1) is 31.9. The number of carbonyl (C=O) groups excluding carboxylic acids is 1. The summed E-state index contributed by atoms with van der Waals surface area (Å²) in [5.74, 6) is 12.6. The lowest BCUT2D eigenvalue weighted by molar-refractivity contribution is -0.140. The summed E-state index contributed by atoms with van der Waals surface area (Å²) >= 11 is 0. The first-order chi connectivity index (χ1) is 23.7. The lowest BCUT2D eigenvalue weighted by Gasteiger charge is -2.17. The van der Waals surface area contributed by atoms with Gasteiger partial charge in [0.2, 0.25) is 0 Å². The fourth-order valence-corrected chi connectivity index (χ4v) is 7.36. The van der Waals surface area contributed by atoms with Gasteiger partial charge in [0.15, 0.2) is 0 Å². The average Bonchev–Trinajstić information content (AvgIpc) is 3.85. The summed E-state index contributed by atoms with van der Waals surface area (Å²) in [6.07, 6.45) is 8.23. The maximum absolute atomic E-state index is 12.3. The van der Waals surface area contributed by atoms with Crippen molar-refractivity contribution < 1.29 is 14.6 Å². The monoisotopic (exact) mass is 646 g/mol. The first-order valence-corrected chi connectivity index (χ1v) is 16.8. The second-order valence-corrected chi connectivity index (χ2v) is 13.0. The maximum Gasteiger partial charge on any atom is 0.305 e. The number of hydrogen-bond acceptors (Lipinski definition) is 7. The number of aliphatic hydroxyl groups excluding tert-OH is 1. The minimum atomic E-state index is -0.247. The highest BCUT2D eigenvalue weighted by Gasteiger charge is 2.41. The van der Waals surface area contributed by atoms with Crippen molar-refractivity contribution in [2.75, 3.05) is 7.11 Å². The molecule has 2 N–H and O–H groups in total. The fraction of sp³-hybridized carbons (Fsp3) is 0.286. The summed E-state index contributed by atoms with van der Waals surface area (Å²) < 4.78 is 5.01. The van der Waals surface area contributed by atoms with E-state index < -0.39 is 0 Å². The van der Waals surface area contributed by atoms with E-state index in [1.54, 1.807) is 0 Å². The molecule has 0 saturated carbocycles. The van der Waals surface area contributed by atoms with Gasteiger partial charge in [-0.2, -0.15) is 0 Å². The Morgan fingerprint density at radius 3 is 2.45 bits per heavy atom. The number of carbonyl (C=O) groups is 1. The molecule has 5 aliphatic heterocycles. The fourth-order valence-electron chi connectivity index (χ4n) is 7.36. The van der Waals surface area contributed by atoms with E-state index in [9.17, 15) is 9.90 Å². The van der Waals surface area contributed by atoms with E-state index in [0.29, 0.717) is 18.6 Å². The van der Waals surface area contributed by atoms with Crippen molar-refractivity contribution in [2.24, 2.45) is 26.8 Å². The van der Waals surface area contributed by atoms with Crippen LogP contribution in [0.15, 0.2) is 137 Å². The van der Waals surface area contributed by atoms with Gasteiger partial charge in [-0.1, -0.05) is 43.9 Å². The Morgan fingerprint density at radius 1 is 0.959 bits per heavy atom. The predicted octanol–water partition coefficient (Wildman–Crippen LogP) is 7.67. The molecular formula is C42H38N4O3. The van der Waals surface area contributed by atoms with Gasteiger partial charge < -0.3 is 15.2 Å². The van der Waals surface area contributed by atoms with Crippen LogP contribution >= 0.6 is 0 Å². The number of aliphatic hydroxyl groups is 1. The molecule has 1 fully saturated rings. The highest BCUT2D eigenvalue weighted by molar-refractivity contribution is 6.21. The zero-order chi connectivity index (χ0) is 34.4. The summed E-state index contributed by atoms with van der Waals surface area (Å²) in [7, 11) is 1.42. The minimum Gasteiger partial charge on any atom is -0.511 e. The molecule has 7 heteroatoms. The number of aliphatic imine (C=N–C) groups is 3. The van der Waals surface area contributed by atoms with Crippen molar-refractivity contribution in [3.63, 3.8) is 0 Å². The summed E-state index contributed by atoms with van der Waals surface area (Å²) in [5, 5.41) is 15.0. The van der Waals surface area contributed by atoms with E-state index >= 15 is 0 Å². The average molecular weight is 647 g/mol. The second kappa shape index (κ2) is 12.7. The highest BCUT2D eigenvalue weighted by atomic mass is 16.5. The van der Waals surface area contributed by atoms with Gasteiger partial charge >= 0.3 is 5.97 Å². The molecule has 1 aliphatic carbocycles. The largest absolute Gasteiger partial charge is 0.511 e. The zero-order valence-corrected chi connectivity index (χ0v) is 28.7. The van der Waals surface area contributed by atoms with E-state index in [4.69, 9.17) is 19.7 Å². The Morgan fingerprint density at radius 2 is 1.69 bits per heavy atom. The third-order valence-electron chi connectivity index (χ3n) is 10.2. The molecule has 5 heterocycles. The number of ether oxygens (including phenoxy) is 1. The van der Waals surface area contributed by atoms with E-state index in [2.05, 4.69) is 55.8 Å². The van der Waals surface area contributed by atoms with Crippen LogP contribution in [0.5, 0.6) is 0 Å². The van der Waals surface area contributed by atoms with Crippen LogP contribution in [0.2, 0.25) is 0 Å². The zero-order valence-electron chi connectivity index (χ0n) is 28.7. The highest BCUT2D eigenvalue weighted by Crippen LogP contribution is 2.46. The number of nitrogens with zero attached hydrogens (tertiary/aromatic N) is 3. The molecule has 1 aromatic rings. The smallest absolute Gasteiger partial charge is 0.305 e. The predicted molar refractivity (Wildman–Crippen MR) is 194 cm³/mol. The van der Waals surface area contributed by atoms with Crippen LogP contribution in [0.1, 0.15) is 65.9 Å². The van der Waals surface area contributed by atoms with Crippen LogP contribution in [0, 0.1) is 35.5 Å². The van der Waals surface area contributed by atoms with Crippen LogP contribution in [0.3, 0.4) is 0 Å². The van der Waals surface area contributed by atoms with Crippen molar-refractivity contribution >= 4 is 23.1 Å². The van der Waals surface area contributed by atoms with Gasteiger partial charge in [-0.15, -0.1) is 0 Å². The quantitative estimate of drug-likeness (QED) is 0.259. The van der Waals surface area contributed by atoms with Gasteiger partial charge in [-0.05, 0) is 98.1 Å². The SMILES string of the molecule is CCC1=C(C)C2=NC1=CC1=C(C)C3=C(O)CC(=C4NC(=CC5=NC(=C2)C(C#CC#Cc2ccccc2)=C5C)[C@@H](C)[C@@H]4CCC(=O)OC)C3=N1. The normalized spacial score (nSPS) is 22.2. The standard InChI is InChI=1S/C42H38N4O3/c1-7-28-23(2)33-21-37-29(16-12-11-15-27-13-9-8-10-14-27)24(3)32(44-37)20-34-25(4)30(17-18-39(48)49-6)41(45-34)31-19-38(47)40-26(5)35(46-42(31)40)22-36(28)43-33/h8-10,13-14,20-22,25,30,45,47H,7,17-19H2,1-6H3/t25-,30-/m0/s1. The van der Waals surface area contributed by atoms with E-state index in [1.807, 2.05) is 56.3 Å². The molecule has 1 saturated heterocycles. The van der Waals surface area contributed by atoms with E-state index in [1.165, 1.54) is 7.11 Å². The number of benzene rings is 1. The van der Waals surface area contributed by atoms with Crippen LogP contribution in [-0.4, -0.2) is 35.3 Å². The van der Waals surface area contributed by atoms with Crippen LogP contribution < -0.4 is 5.32 Å². The lowest BCUT2D eigenvalue weighted by atomic mass is 9.86. The molecule has 0 aromatic heterocycles. The third-order valence-corrected chi connectivity index (χ3v) is 10.2. The third kappa shape index (κ3) is 5.66. The van der Waals surface area contributed by atoms with Crippen molar-refractivity contribution in [3.8, 4) is 23.7 Å². The molecule has 6 aliphatic rings. The van der Waals surface area contributed by atoms with Gasteiger partial charge in [0.25, 0.3) is 0 Å². The molecule has 7 rings (SSSR count). The topological polar surface area (TPSA) is 95.6 Å². The number of fused-ring (bicyclic) bond motifs is 5. The number of methoxy groups -OCH3 is 1. The molecule has 8 bridgehead atoms. The summed E-state index contributed by atoms with van der Waals surface area (Å²) in [6.45, 7) is 10.5. The molecule has 7 nitrogen and oxygen atoms in total. The molecule has 1 aromatic carbocycles. The van der Waals surface area contributed by atoms with E-state index in [0.717, 1.165) is 96.6 Å². The number of hydrogen-bond donors (Lipinski definition) is 2.